The van der Waals surface area contributed by atoms with E-state index < -0.39 is 0 Å². The smallest absolute Gasteiger partial charge is 0.429 e. The summed E-state index contributed by atoms with van der Waals surface area (Å²) < 4.78 is 12.0. The Labute approximate surface area is 231 Å². The fourth-order valence-electron chi connectivity index (χ4n) is 5.00. The minimum Gasteiger partial charge on any atom is -0.494 e. The summed E-state index contributed by atoms with van der Waals surface area (Å²) in [5.41, 5.74) is 0.831. The fourth-order valence-corrected chi connectivity index (χ4v) is 5.00. The van der Waals surface area contributed by atoms with Gasteiger partial charge in [-0.15, -0.1) is 24.8 Å². The van der Waals surface area contributed by atoms with Crippen LogP contribution < -0.4 is 9.75 Å². The van der Waals surface area contributed by atoms with Crippen molar-refractivity contribution in [1.29, 1.82) is 0 Å². The number of likely N-dealkylation sites (tertiary alicyclic amines) is 1. The SMILES string of the molecule is CCCCCCCCOc1cccc(N(C(=O)OC(C)CN2CCCCC2)N2CCCCC2)c1.Cl.Cl. The van der Waals surface area contributed by atoms with Crippen molar-refractivity contribution in [2.75, 3.05) is 44.3 Å². The first-order valence-electron chi connectivity index (χ1n) is 13.9. The van der Waals surface area contributed by atoms with Gasteiger partial charge in [0, 0.05) is 25.7 Å². The summed E-state index contributed by atoms with van der Waals surface area (Å²) in [5, 5.41) is 3.90. The third kappa shape index (κ3) is 11.5. The number of piperidine rings is 2. The van der Waals surface area contributed by atoms with E-state index in [9.17, 15) is 4.79 Å². The molecule has 2 heterocycles. The van der Waals surface area contributed by atoms with Crippen molar-refractivity contribution in [2.24, 2.45) is 0 Å². The van der Waals surface area contributed by atoms with Crippen molar-refractivity contribution in [2.45, 2.75) is 97.0 Å². The summed E-state index contributed by atoms with van der Waals surface area (Å²) in [6.07, 6.45) is 14.3. The summed E-state index contributed by atoms with van der Waals surface area (Å²) in [6.45, 7) is 9.75. The topological polar surface area (TPSA) is 45.2 Å². The van der Waals surface area contributed by atoms with Crippen LogP contribution in [0.5, 0.6) is 5.75 Å². The van der Waals surface area contributed by atoms with E-state index in [-0.39, 0.29) is 37.0 Å². The molecule has 1 amide bonds. The molecule has 0 bridgehead atoms. The van der Waals surface area contributed by atoms with Crippen LogP contribution in [0.1, 0.15) is 90.9 Å². The zero-order valence-corrected chi connectivity index (χ0v) is 24.1. The van der Waals surface area contributed by atoms with E-state index in [1.54, 1.807) is 5.01 Å². The molecule has 2 saturated heterocycles. The first kappa shape index (κ1) is 32.8. The first-order valence-corrected chi connectivity index (χ1v) is 13.9. The predicted octanol–water partition coefficient (Wildman–Crippen LogP) is 7.49. The monoisotopic (exact) mass is 545 g/mol. The Hall–Kier alpha value is -1.21. The lowest BCUT2D eigenvalue weighted by atomic mass is 10.1. The maximum atomic E-state index is 13.4. The molecule has 2 aliphatic rings. The number of ether oxygens (including phenoxy) is 2. The molecule has 0 saturated carbocycles. The summed E-state index contributed by atoms with van der Waals surface area (Å²) in [4.78, 5) is 15.8. The second-order valence-corrected chi connectivity index (χ2v) is 10.00. The van der Waals surface area contributed by atoms with Crippen LogP contribution in [0.4, 0.5) is 10.5 Å². The van der Waals surface area contributed by atoms with Crippen LogP contribution in [0.3, 0.4) is 0 Å². The minimum atomic E-state index is -0.278. The van der Waals surface area contributed by atoms with Crippen molar-refractivity contribution in [3.05, 3.63) is 24.3 Å². The van der Waals surface area contributed by atoms with E-state index >= 15 is 0 Å². The third-order valence-electron chi connectivity index (χ3n) is 6.88. The number of carbonyl (C=O) groups is 1. The zero-order valence-electron chi connectivity index (χ0n) is 22.5. The Morgan fingerprint density at radius 2 is 1.56 bits per heavy atom. The number of halogens is 2. The average molecular weight is 547 g/mol. The molecule has 3 rings (SSSR count). The van der Waals surface area contributed by atoms with Crippen LogP contribution >= 0.6 is 24.8 Å². The van der Waals surface area contributed by atoms with E-state index in [4.69, 9.17) is 9.47 Å². The largest absolute Gasteiger partial charge is 0.494 e. The Morgan fingerprint density at radius 1 is 0.917 bits per heavy atom. The number of anilines is 1. The molecule has 0 N–H and O–H groups in total. The van der Waals surface area contributed by atoms with Gasteiger partial charge in [0.05, 0.1) is 12.3 Å². The highest BCUT2D eigenvalue weighted by molar-refractivity contribution is 5.87. The molecule has 0 aromatic heterocycles. The molecule has 1 aromatic carbocycles. The van der Waals surface area contributed by atoms with Gasteiger partial charge >= 0.3 is 6.09 Å². The fraction of sp³-hybridized carbons (Fsp3) is 0.750. The van der Waals surface area contributed by atoms with Crippen LogP contribution in [-0.2, 0) is 4.74 Å². The Balaban J connectivity index is 0.00000324. The lowest BCUT2D eigenvalue weighted by molar-refractivity contribution is 0.0649. The van der Waals surface area contributed by atoms with Gasteiger partial charge in [0.25, 0.3) is 0 Å². The van der Waals surface area contributed by atoms with Gasteiger partial charge in [-0.2, -0.15) is 0 Å². The van der Waals surface area contributed by atoms with Gasteiger partial charge in [-0.1, -0.05) is 57.9 Å². The lowest BCUT2D eigenvalue weighted by Gasteiger charge is -2.37. The van der Waals surface area contributed by atoms with Crippen LogP contribution in [0.25, 0.3) is 0 Å². The maximum Gasteiger partial charge on any atom is 0.429 e. The minimum absolute atomic E-state index is 0. The molecule has 6 nitrogen and oxygen atoms in total. The molecule has 8 heteroatoms. The standard InChI is InChI=1S/C28H47N3O3.2ClH/c1-3-4-5-6-7-14-22-33-27-17-15-16-26(23-27)31(30-20-12-9-13-21-30)28(32)34-25(2)24-29-18-10-8-11-19-29;;/h15-17,23,25H,3-14,18-22,24H2,1-2H3;2*1H. The molecule has 0 aliphatic carbocycles. The van der Waals surface area contributed by atoms with Crippen LogP contribution in [0.2, 0.25) is 0 Å². The van der Waals surface area contributed by atoms with E-state index in [1.807, 2.05) is 31.2 Å². The van der Waals surface area contributed by atoms with Gasteiger partial charge in [0.15, 0.2) is 0 Å². The van der Waals surface area contributed by atoms with E-state index in [1.165, 1.54) is 57.8 Å². The van der Waals surface area contributed by atoms with Crippen LogP contribution in [-0.4, -0.2) is 61.4 Å². The summed E-state index contributed by atoms with van der Waals surface area (Å²) >= 11 is 0. The number of nitrogens with zero attached hydrogens (tertiary/aromatic N) is 3. The van der Waals surface area contributed by atoms with Crippen molar-refractivity contribution >= 4 is 36.6 Å². The second-order valence-electron chi connectivity index (χ2n) is 10.00. The average Bonchev–Trinajstić information content (AvgIpc) is 2.85. The van der Waals surface area contributed by atoms with Gasteiger partial charge in [0.2, 0.25) is 0 Å². The number of unbranched alkanes of at least 4 members (excludes halogenated alkanes) is 5. The molecule has 1 aromatic rings. The number of hydrazine groups is 1. The number of benzene rings is 1. The molecule has 0 spiro atoms. The predicted molar refractivity (Wildman–Crippen MR) is 154 cm³/mol. The van der Waals surface area contributed by atoms with Crippen LogP contribution in [0, 0.1) is 0 Å². The van der Waals surface area contributed by atoms with Gasteiger partial charge < -0.3 is 9.47 Å². The first-order chi connectivity index (χ1) is 16.7. The number of hydrogen-bond donors (Lipinski definition) is 0. The molecular weight excluding hydrogens is 497 g/mol. The Morgan fingerprint density at radius 3 is 2.25 bits per heavy atom. The molecule has 208 valence electrons. The molecule has 36 heavy (non-hydrogen) atoms. The zero-order chi connectivity index (χ0) is 24.0. The van der Waals surface area contributed by atoms with E-state index in [2.05, 4.69) is 16.8 Å². The summed E-state index contributed by atoms with van der Waals surface area (Å²) in [7, 11) is 0. The van der Waals surface area contributed by atoms with E-state index in [0.717, 1.165) is 70.0 Å². The van der Waals surface area contributed by atoms with E-state index in [0.29, 0.717) is 0 Å². The highest BCUT2D eigenvalue weighted by Gasteiger charge is 2.28. The molecular formula is C28H49Cl2N3O3. The quantitative estimate of drug-likeness (QED) is 0.240. The lowest BCUT2D eigenvalue weighted by Crippen LogP contribution is -2.50. The third-order valence-corrected chi connectivity index (χ3v) is 6.88. The van der Waals surface area contributed by atoms with Crippen molar-refractivity contribution < 1.29 is 14.3 Å². The summed E-state index contributed by atoms with van der Waals surface area (Å²) in [5.74, 6) is 0.822. The van der Waals surface area contributed by atoms with Gasteiger partial charge in [-0.25, -0.2) is 14.8 Å². The molecule has 2 fully saturated rings. The van der Waals surface area contributed by atoms with Crippen molar-refractivity contribution in [3.8, 4) is 5.75 Å². The Kier molecular flexibility index (Phi) is 17.3. The molecule has 1 unspecified atom stereocenters. The molecule has 2 aliphatic heterocycles. The maximum absolute atomic E-state index is 13.4. The number of hydrogen-bond acceptors (Lipinski definition) is 5. The molecule has 0 radical (unpaired) electrons. The second kappa shape index (κ2) is 18.9. The van der Waals surface area contributed by atoms with Gasteiger partial charge in [-0.3, -0.25) is 4.90 Å². The summed E-state index contributed by atoms with van der Waals surface area (Å²) in [6, 6.07) is 7.94. The number of amides is 1. The van der Waals surface area contributed by atoms with Crippen LogP contribution in [0.15, 0.2) is 24.3 Å². The van der Waals surface area contributed by atoms with Crippen molar-refractivity contribution in [3.63, 3.8) is 0 Å². The number of carbonyl (C=O) groups excluding carboxylic acids is 1. The van der Waals surface area contributed by atoms with Gasteiger partial charge in [-0.05, 0) is 64.3 Å². The van der Waals surface area contributed by atoms with Crippen molar-refractivity contribution in [1.82, 2.24) is 9.91 Å². The van der Waals surface area contributed by atoms with Gasteiger partial charge in [0.1, 0.15) is 11.9 Å². The molecule has 1 atom stereocenters. The normalized spacial score (nSPS) is 17.4. The highest BCUT2D eigenvalue weighted by Crippen LogP contribution is 2.26. The highest BCUT2D eigenvalue weighted by atomic mass is 35.5. The number of rotatable bonds is 13. The Bertz CT molecular complexity index is 713.